The van der Waals surface area contributed by atoms with Gasteiger partial charge < -0.3 is 10.6 Å². The van der Waals surface area contributed by atoms with E-state index < -0.39 is 0 Å². The van der Waals surface area contributed by atoms with Gasteiger partial charge in [-0.2, -0.15) is 0 Å². The molecular weight excluding hydrogens is 234 g/mol. The normalized spacial score (nSPS) is 23.5. The lowest BCUT2D eigenvalue weighted by molar-refractivity contribution is 0.372. The van der Waals surface area contributed by atoms with E-state index >= 15 is 0 Å². The molecular formula is C16H21N3. The van der Waals surface area contributed by atoms with Crippen molar-refractivity contribution in [1.82, 2.24) is 4.98 Å². The van der Waals surface area contributed by atoms with Crippen molar-refractivity contribution in [1.29, 1.82) is 0 Å². The van der Waals surface area contributed by atoms with Crippen LogP contribution in [0.3, 0.4) is 0 Å². The summed E-state index contributed by atoms with van der Waals surface area (Å²) in [4.78, 5) is 7.02. The van der Waals surface area contributed by atoms with Crippen LogP contribution < -0.4 is 10.6 Å². The van der Waals surface area contributed by atoms with Crippen LogP contribution in [0.2, 0.25) is 0 Å². The summed E-state index contributed by atoms with van der Waals surface area (Å²) < 4.78 is 0. The molecule has 2 unspecified atom stereocenters. The first-order valence-electron chi connectivity index (χ1n) is 7.10. The summed E-state index contributed by atoms with van der Waals surface area (Å²) in [6.07, 6.45) is 4.84. The Hall–Kier alpha value is -1.61. The number of nitrogens with two attached hydrogens (primary N) is 1. The van der Waals surface area contributed by atoms with Crippen LogP contribution in [0.4, 0.5) is 5.82 Å². The van der Waals surface area contributed by atoms with Crippen LogP contribution in [0, 0.1) is 0 Å². The van der Waals surface area contributed by atoms with Gasteiger partial charge >= 0.3 is 0 Å². The topological polar surface area (TPSA) is 42.2 Å². The number of likely N-dealkylation sites (N-methyl/N-ethyl adjacent to an activating group) is 1. The molecule has 0 bridgehead atoms. The van der Waals surface area contributed by atoms with Crippen molar-refractivity contribution in [3.05, 3.63) is 36.4 Å². The first-order chi connectivity index (χ1) is 9.25. The summed E-state index contributed by atoms with van der Waals surface area (Å²) in [6.45, 7) is 0. The molecule has 3 rings (SSSR count). The predicted octanol–water partition coefficient (Wildman–Crippen LogP) is 2.94. The Kier molecular flexibility index (Phi) is 3.38. The van der Waals surface area contributed by atoms with E-state index in [0.29, 0.717) is 6.04 Å². The smallest absolute Gasteiger partial charge is 0.129 e. The van der Waals surface area contributed by atoms with E-state index in [0.717, 1.165) is 17.8 Å². The SMILES string of the molecule is CN(c1ccc2ccccc2n1)C1CCCCC1N. The molecule has 2 aromatic rings. The molecule has 0 amide bonds. The summed E-state index contributed by atoms with van der Waals surface area (Å²) in [5, 5.41) is 1.19. The second kappa shape index (κ2) is 5.17. The van der Waals surface area contributed by atoms with Gasteiger partial charge in [-0.15, -0.1) is 0 Å². The minimum absolute atomic E-state index is 0.270. The maximum Gasteiger partial charge on any atom is 0.129 e. The Labute approximate surface area is 114 Å². The number of anilines is 1. The van der Waals surface area contributed by atoms with Gasteiger partial charge in [0.1, 0.15) is 5.82 Å². The number of benzene rings is 1. The summed E-state index contributed by atoms with van der Waals surface area (Å²) >= 11 is 0. The summed E-state index contributed by atoms with van der Waals surface area (Å²) in [5.74, 6) is 1.03. The molecule has 2 N–H and O–H groups in total. The van der Waals surface area contributed by atoms with Crippen molar-refractivity contribution >= 4 is 16.7 Å². The highest BCUT2D eigenvalue weighted by molar-refractivity contribution is 5.80. The Morgan fingerprint density at radius 2 is 1.89 bits per heavy atom. The van der Waals surface area contributed by atoms with Crippen molar-refractivity contribution in [2.24, 2.45) is 5.73 Å². The minimum Gasteiger partial charge on any atom is -0.355 e. The highest BCUT2D eigenvalue weighted by Crippen LogP contribution is 2.25. The molecule has 1 aromatic carbocycles. The van der Waals surface area contributed by atoms with Gasteiger partial charge in [0.15, 0.2) is 0 Å². The second-order valence-electron chi connectivity index (χ2n) is 5.49. The van der Waals surface area contributed by atoms with Gasteiger partial charge in [0, 0.05) is 24.5 Å². The number of para-hydroxylation sites is 1. The quantitative estimate of drug-likeness (QED) is 0.897. The Morgan fingerprint density at radius 3 is 2.74 bits per heavy atom. The lowest BCUT2D eigenvalue weighted by atomic mass is 9.90. The summed E-state index contributed by atoms with van der Waals surface area (Å²) in [7, 11) is 2.12. The lowest BCUT2D eigenvalue weighted by Crippen LogP contribution is -2.48. The number of rotatable bonds is 2. The molecule has 0 aliphatic heterocycles. The van der Waals surface area contributed by atoms with Crippen LogP contribution in [0.25, 0.3) is 10.9 Å². The highest BCUT2D eigenvalue weighted by Gasteiger charge is 2.26. The second-order valence-corrected chi connectivity index (χ2v) is 5.49. The molecule has 1 saturated carbocycles. The van der Waals surface area contributed by atoms with Crippen molar-refractivity contribution in [2.75, 3.05) is 11.9 Å². The van der Waals surface area contributed by atoms with Gasteiger partial charge in [-0.05, 0) is 31.0 Å². The number of pyridine rings is 1. The van der Waals surface area contributed by atoms with E-state index in [2.05, 4.69) is 36.2 Å². The van der Waals surface area contributed by atoms with Gasteiger partial charge in [0.05, 0.1) is 5.52 Å². The number of aromatic nitrogens is 1. The zero-order valence-electron chi connectivity index (χ0n) is 11.4. The van der Waals surface area contributed by atoms with Crippen LogP contribution in [-0.2, 0) is 0 Å². The average molecular weight is 255 g/mol. The largest absolute Gasteiger partial charge is 0.355 e. The zero-order chi connectivity index (χ0) is 13.2. The third-order valence-corrected chi connectivity index (χ3v) is 4.22. The lowest BCUT2D eigenvalue weighted by Gasteiger charge is -2.36. The molecule has 19 heavy (non-hydrogen) atoms. The van der Waals surface area contributed by atoms with E-state index in [1.54, 1.807) is 0 Å². The third-order valence-electron chi connectivity index (χ3n) is 4.22. The maximum atomic E-state index is 6.26. The number of hydrogen-bond acceptors (Lipinski definition) is 3. The first-order valence-corrected chi connectivity index (χ1v) is 7.10. The number of nitrogens with zero attached hydrogens (tertiary/aromatic N) is 2. The van der Waals surface area contributed by atoms with E-state index in [9.17, 15) is 0 Å². The van der Waals surface area contributed by atoms with Crippen molar-refractivity contribution in [3.63, 3.8) is 0 Å². The molecule has 1 aliphatic carbocycles. The molecule has 0 radical (unpaired) electrons. The van der Waals surface area contributed by atoms with E-state index in [1.807, 2.05) is 12.1 Å². The van der Waals surface area contributed by atoms with Gasteiger partial charge in [0.2, 0.25) is 0 Å². The van der Waals surface area contributed by atoms with Crippen molar-refractivity contribution < 1.29 is 0 Å². The number of fused-ring (bicyclic) bond motifs is 1. The Morgan fingerprint density at radius 1 is 1.11 bits per heavy atom. The summed E-state index contributed by atoms with van der Waals surface area (Å²) in [5.41, 5.74) is 7.31. The Balaban J connectivity index is 1.90. The molecule has 3 nitrogen and oxygen atoms in total. The monoisotopic (exact) mass is 255 g/mol. The molecule has 100 valence electrons. The van der Waals surface area contributed by atoms with E-state index in [1.165, 1.54) is 24.6 Å². The maximum absolute atomic E-state index is 6.26. The van der Waals surface area contributed by atoms with Gasteiger partial charge in [0.25, 0.3) is 0 Å². The molecule has 1 fully saturated rings. The fourth-order valence-corrected chi connectivity index (χ4v) is 3.04. The fourth-order valence-electron chi connectivity index (χ4n) is 3.04. The molecule has 2 atom stereocenters. The van der Waals surface area contributed by atoms with E-state index in [4.69, 9.17) is 10.7 Å². The standard InChI is InChI=1S/C16H21N3/c1-19(15-9-5-3-7-13(15)17)16-11-10-12-6-2-4-8-14(12)18-16/h2,4,6,8,10-11,13,15H,3,5,7,9,17H2,1H3. The molecule has 1 aromatic heterocycles. The molecule has 0 spiro atoms. The van der Waals surface area contributed by atoms with Gasteiger partial charge in [-0.3, -0.25) is 0 Å². The molecule has 3 heteroatoms. The fraction of sp³-hybridized carbons (Fsp3) is 0.438. The van der Waals surface area contributed by atoms with Crippen molar-refractivity contribution in [3.8, 4) is 0 Å². The van der Waals surface area contributed by atoms with Crippen LogP contribution >= 0.6 is 0 Å². The van der Waals surface area contributed by atoms with Crippen molar-refractivity contribution in [2.45, 2.75) is 37.8 Å². The average Bonchev–Trinajstić information content (AvgIpc) is 2.46. The third kappa shape index (κ3) is 2.43. The molecule has 1 heterocycles. The highest BCUT2D eigenvalue weighted by atomic mass is 15.2. The predicted molar refractivity (Wildman–Crippen MR) is 80.4 cm³/mol. The van der Waals surface area contributed by atoms with E-state index in [-0.39, 0.29) is 6.04 Å². The van der Waals surface area contributed by atoms with Crippen LogP contribution in [0.15, 0.2) is 36.4 Å². The van der Waals surface area contributed by atoms with Gasteiger partial charge in [-0.25, -0.2) is 4.98 Å². The van der Waals surface area contributed by atoms with Gasteiger partial charge in [-0.1, -0.05) is 31.0 Å². The van der Waals surface area contributed by atoms with Crippen LogP contribution in [0.5, 0.6) is 0 Å². The zero-order valence-corrected chi connectivity index (χ0v) is 11.4. The van der Waals surface area contributed by atoms with Crippen LogP contribution in [0.1, 0.15) is 25.7 Å². The molecule has 1 aliphatic rings. The first kappa shape index (κ1) is 12.4. The van der Waals surface area contributed by atoms with Crippen LogP contribution in [-0.4, -0.2) is 24.1 Å². The molecule has 0 saturated heterocycles. The number of hydrogen-bond donors (Lipinski definition) is 1. The Bertz CT molecular complexity index is 567. The summed E-state index contributed by atoms with van der Waals surface area (Å²) in [6, 6.07) is 13.2. The minimum atomic E-state index is 0.270.